The second kappa shape index (κ2) is 8.65. The molecule has 166 valence electrons. The zero-order chi connectivity index (χ0) is 23.8. The molecule has 3 aromatic carbocycles. The number of hydrogen-bond donors (Lipinski definition) is 1. The Bertz CT molecular complexity index is 1300. The van der Waals surface area contributed by atoms with E-state index in [1.165, 1.54) is 5.56 Å². The molecule has 0 saturated carbocycles. The molecule has 0 aliphatic carbocycles. The largest absolute Gasteiger partial charge is 0.440 e. The van der Waals surface area contributed by atoms with Gasteiger partial charge in [-0.15, -0.1) is 0 Å². The van der Waals surface area contributed by atoms with Crippen molar-refractivity contribution in [2.45, 2.75) is 32.1 Å². The molecule has 1 unspecified atom stereocenters. The van der Waals surface area contributed by atoms with Crippen LogP contribution in [-0.2, 0) is 5.41 Å². The van der Waals surface area contributed by atoms with Crippen molar-refractivity contribution in [1.29, 1.82) is 5.26 Å². The van der Waals surface area contributed by atoms with Crippen LogP contribution in [0.3, 0.4) is 0 Å². The van der Waals surface area contributed by atoms with Crippen LogP contribution in [0.1, 0.15) is 53.7 Å². The smallest absolute Gasteiger partial charge is 0.345 e. The first kappa shape index (κ1) is 22.4. The molecule has 0 bridgehead atoms. The van der Waals surface area contributed by atoms with E-state index in [-0.39, 0.29) is 28.5 Å². The van der Waals surface area contributed by atoms with E-state index in [0.717, 1.165) is 11.1 Å². The Hall–Kier alpha value is -3.75. The van der Waals surface area contributed by atoms with Crippen LogP contribution in [0.4, 0.5) is 0 Å². The van der Waals surface area contributed by atoms with E-state index in [2.05, 4.69) is 39.0 Å². The van der Waals surface area contributed by atoms with E-state index in [0.29, 0.717) is 16.3 Å². The maximum Gasteiger partial charge on any atom is 0.345 e. The highest BCUT2D eigenvalue weighted by Crippen LogP contribution is 2.43. The zero-order valence-electron chi connectivity index (χ0n) is 18.6. The Balaban J connectivity index is 1.69. The summed E-state index contributed by atoms with van der Waals surface area (Å²) in [4.78, 5) is 12.5. The molecular formula is C27H23ClN2O3. The van der Waals surface area contributed by atoms with E-state index < -0.39 is 5.97 Å². The van der Waals surface area contributed by atoms with E-state index >= 15 is 0 Å². The van der Waals surface area contributed by atoms with Crippen LogP contribution in [0.15, 0.2) is 78.2 Å². The van der Waals surface area contributed by atoms with Gasteiger partial charge >= 0.3 is 5.97 Å². The second-order valence-corrected chi connectivity index (χ2v) is 9.27. The number of carbonyl (C=O) groups is 1. The van der Waals surface area contributed by atoms with Crippen molar-refractivity contribution in [3.8, 4) is 17.6 Å². The molecule has 0 amide bonds. The van der Waals surface area contributed by atoms with Crippen LogP contribution < -0.4 is 15.2 Å². The van der Waals surface area contributed by atoms with E-state index in [4.69, 9.17) is 26.8 Å². The monoisotopic (exact) mass is 458 g/mol. The lowest BCUT2D eigenvalue weighted by atomic mass is 9.81. The van der Waals surface area contributed by atoms with Gasteiger partial charge in [0.15, 0.2) is 0 Å². The zero-order valence-corrected chi connectivity index (χ0v) is 19.3. The van der Waals surface area contributed by atoms with Crippen molar-refractivity contribution in [3.05, 3.63) is 105 Å². The molecule has 33 heavy (non-hydrogen) atoms. The minimum atomic E-state index is -0.577. The summed E-state index contributed by atoms with van der Waals surface area (Å²) in [7, 11) is 0. The van der Waals surface area contributed by atoms with Crippen molar-refractivity contribution in [2.24, 2.45) is 5.73 Å². The number of nitrogens with two attached hydrogens (primary N) is 1. The summed E-state index contributed by atoms with van der Waals surface area (Å²) < 4.78 is 11.2. The van der Waals surface area contributed by atoms with Crippen LogP contribution in [0, 0.1) is 11.3 Å². The highest BCUT2D eigenvalue weighted by atomic mass is 35.5. The van der Waals surface area contributed by atoms with Gasteiger partial charge in [0.2, 0.25) is 5.88 Å². The van der Waals surface area contributed by atoms with E-state index in [1.807, 2.05) is 12.1 Å². The number of hydrogen-bond acceptors (Lipinski definition) is 5. The van der Waals surface area contributed by atoms with E-state index in [1.54, 1.807) is 42.5 Å². The van der Waals surface area contributed by atoms with Gasteiger partial charge in [-0.25, -0.2) is 4.79 Å². The Morgan fingerprint density at radius 1 is 1.09 bits per heavy atom. The number of allylic oxidation sites excluding steroid dienone is 1. The molecule has 5 nitrogen and oxygen atoms in total. The molecule has 6 heteroatoms. The van der Waals surface area contributed by atoms with Crippen molar-refractivity contribution in [2.75, 3.05) is 0 Å². The summed E-state index contributed by atoms with van der Waals surface area (Å²) in [6, 6.07) is 22.1. The molecule has 0 radical (unpaired) electrons. The van der Waals surface area contributed by atoms with Gasteiger partial charge in [-0.1, -0.05) is 74.8 Å². The summed E-state index contributed by atoms with van der Waals surface area (Å²) >= 11 is 6.10. The molecule has 1 heterocycles. The predicted molar refractivity (Wildman–Crippen MR) is 127 cm³/mol. The normalized spacial score (nSPS) is 15.3. The minimum absolute atomic E-state index is 0.0134. The number of rotatable bonds is 3. The highest BCUT2D eigenvalue weighted by molar-refractivity contribution is 6.33. The lowest BCUT2D eigenvalue weighted by molar-refractivity contribution is 0.0734. The summed E-state index contributed by atoms with van der Waals surface area (Å²) in [5.41, 5.74) is 9.60. The van der Waals surface area contributed by atoms with Crippen molar-refractivity contribution in [3.63, 3.8) is 0 Å². The number of esters is 1. The van der Waals surface area contributed by atoms with Crippen molar-refractivity contribution >= 4 is 17.6 Å². The average molecular weight is 459 g/mol. The lowest BCUT2D eigenvalue weighted by Gasteiger charge is -2.27. The van der Waals surface area contributed by atoms with Crippen LogP contribution >= 0.6 is 11.6 Å². The first-order valence-electron chi connectivity index (χ1n) is 10.5. The van der Waals surface area contributed by atoms with Gasteiger partial charge in [0, 0.05) is 11.6 Å². The third-order valence-corrected chi connectivity index (χ3v) is 5.93. The predicted octanol–water partition coefficient (Wildman–Crippen LogP) is 6.07. The molecule has 2 N–H and O–H groups in total. The first-order valence-corrected chi connectivity index (χ1v) is 10.9. The molecule has 0 saturated heterocycles. The third kappa shape index (κ3) is 4.44. The average Bonchev–Trinajstić information content (AvgIpc) is 2.77. The summed E-state index contributed by atoms with van der Waals surface area (Å²) in [5.74, 6) is -0.216. The maximum absolute atomic E-state index is 12.5. The molecule has 1 aliphatic rings. The van der Waals surface area contributed by atoms with E-state index in [9.17, 15) is 10.1 Å². The Kier molecular flexibility index (Phi) is 5.88. The van der Waals surface area contributed by atoms with Crippen LogP contribution in [0.2, 0.25) is 5.02 Å². The van der Waals surface area contributed by atoms with Gasteiger partial charge in [0.25, 0.3) is 0 Å². The van der Waals surface area contributed by atoms with Crippen molar-refractivity contribution in [1.82, 2.24) is 0 Å². The number of nitriles is 1. The van der Waals surface area contributed by atoms with Gasteiger partial charge in [0.05, 0.1) is 16.5 Å². The molecule has 0 spiro atoms. The number of carbonyl (C=O) groups excluding carboxylic acids is 1. The summed E-state index contributed by atoms with van der Waals surface area (Å²) in [5, 5.41) is 10.1. The Morgan fingerprint density at radius 2 is 1.79 bits per heavy atom. The van der Waals surface area contributed by atoms with Gasteiger partial charge in [-0.3, -0.25) is 0 Å². The number of fused-ring (bicyclic) bond motifs is 1. The van der Waals surface area contributed by atoms with Gasteiger partial charge in [0.1, 0.15) is 23.1 Å². The molecule has 4 rings (SSSR count). The number of ether oxygens (including phenoxy) is 2. The maximum atomic E-state index is 12.5. The second-order valence-electron chi connectivity index (χ2n) is 8.87. The minimum Gasteiger partial charge on any atom is -0.440 e. The van der Waals surface area contributed by atoms with Gasteiger partial charge in [-0.2, -0.15) is 5.26 Å². The Labute approximate surface area is 198 Å². The van der Waals surface area contributed by atoms with Crippen LogP contribution in [-0.4, -0.2) is 5.97 Å². The fourth-order valence-electron chi connectivity index (χ4n) is 3.81. The Morgan fingerprint density at radius 3 is 2.42 bits per heavy atom. The lowest BCUT2D eigenvalue weighted by Crippen LogP contribution is -2.21. The standard InChI is InChI=1S/C27H23ClN2O3/c1-27(2,3)17-10-8-16(9-11-17)24-20-13-12-18(14-23(20)33-25(30)21(24)15-29)32-26(31)19-6-4-5-7-22(19)28/h4-14,24H,30H2,1-3H3. The van der Waals surface area contributed by atoms with Gasteiger partial charge in [-0.05, 0) is 34.7 Å². The third-order valence-electron chi connectivity index (χ3n) is 5.60. The molecule has 1 atom stereocenters. The van der Waals surface area contributed by atoms with Crippen LogP contribution in [0.5, 0.6) is 11.5 Å². The summed E-state index contributed by atoms with van der Waals surface area (Å²) in [6.45, 7) is 6.45. The molecule has 1 aliphatic heterocycles. The SMILES string of the molecule is CC(C)(C)c1ccc(C2C(C#N)=C(N)Oc3cc(OC(=O)c4ccccc4Cl)ccc32)cc1. The van der Waals surface area contributed by atoms with Gasteiger partial charge < -0.3 is 15.2 Å². The number of halogens is 1. The fourth-order valence-corrected chi connectivity index (χ4v) is 4.02. The highest BCUT2D eigenvalue weighted by Gasteiger charge is 2.31. The molecular weight excluding hydrogens is 436 g/mol. The number of benzene rings is 3. The molecule has 3 aromatic rings. The van der Waals surface area contributed by atoms with Crippen LogP contribution in [0.25, 0.3) is 0 Å². The van der Waals surface area contributed by atoms with Crippen molar-refractivity contribution < 1.29 is 14.3 Å². The molecule has 0 aromatic heterocycles. The fraction of sp³-hybridized carbons (Fsp3) is 0.185. The molecule has 0 fully saturated rings. The first-order chi connectivity index (χ1) is 15.7. The quantitative estimate of drug-likeness (QED) is 0.380. The summed E-state index contributed by atoms with van der Waals surface area (Å²) in [6.07, 6.45) is 0. The number of nitrogens with zero attached hydrogens (tertiary/aromatic N) is 1. The topological polar surface area (TPSA) is 85.3 Å².